The third kappa shape index (κ3) is 5.11. The fourth-order valence-corrected chi connectivity index (χ4v) is 2.75. The van der Waals surface area contributed by atoms with Gasteiger partial charge in [-0.1, -0.05) is 12.1 Å². The molecule has 112 valence electrons. The van der Waals surface area contributed by atoms with Crippen molar-refractivity contribution in [2.45, 2.75) is 26.9 Å². The molecule has 0 unspecified atom stereocenters. The second-order valence-corrected chi connectivity index (χ2v) is 6.10. The second kappa shape index (κ2) is 7.69. The number of thiophene rings is 1. The Morgan fingerprint density at radius 1 is 1.24 bits per heavy atom. The summed E-state index contributed by atoms with van der Waals surface area (Å²) in [6.07, 6.45) is 0. The molecule has 3 N–H and O–H groups in total. The van der Waals surface area contributed by atoms with Crippen molar-refractivity contribution in [1.82, 2.24) is 10.6 Å². The lowest BCUT2D eigenvalue weighted by molar-refractivity contribution is 0.474. The molecule has 0 saturated heterocycles. The molecule has 1 heterocycles. The van der Waals surface area contributed by atoms with Gasteiger partial charge in [0.15, 0.2) is 5.96 Å². The smallest absolute Gasteiger partial charge is 0.191 e. The van der Waals surface area contributed by atoms with Crippen molar-refractivity contribution in [2.24, 2.45) is 4.99 Å². The van der Waals surface area contributed by atoms with Crippen LogP contribution in [0.5, 0.6) is 5.75 Å². The normalized spacial score (nSPS) is 11.4. The summed E-state index contributed by atoms with van der Waals surface area (Å²) in [7, 11) is 0. The minimum absolute atomic E-state index is 0.273. The van der Waals surface area contributed by atoms with Gasteiger partial charge in [-0.3, -0.25) is 0 Å². The predicted octanol–water partition coefficient (Wildman–Crippen LogP) is 3.02. The first-order valence-electron chi connectivity index (χ1n) is 7.03. The standard InChI is InChI=1S/C16H21N3OS/c1-3-17-16(19-11-15-8-7-12(2)21-15)18-10-13-5-4-6-14(20)9-13/h4-9,20H,3,10-11H2,1-2H3,(H2,17,18,19). The molecule has 0 aliphatic heterocycles. The number of hydrogen-bond acceptors (Lipinski definition) is 3. The molecule has 0 atom stereocenters. The number of guanidine groups is 1. The number of aliphatic imine (C=N–C) groups is 1. The largest absolute Gasteiger partial charge is 0.508 e. The summed E-state index contributed by atoms with van der Waals surface area (Å²) in [5.41, 5.74) is 0.985. The van der Waals surface area contributed by atoms with E-state index in [2.05, 4.69) is 34.7 Å². The average molecular weight is 303 g/mol. The van der Waals surface area contributed by atoms with Gasteiger partial charge < -0.3 is 15.7 Å². The molecular weight excluding hydrogens is 282 g/mol. The lowest BCUT2D eigenvalue weighted by atomic mass is 10.2. The molecule has 0 radical (unpaired) electrons. The number of rotatable bonds is 5. The van der Waals surface area contributed by atoms with Gasteiger partial charge >= 0.3 is 0 Å². The third-order valence-electron chi connectivity index (χ3n) is 2.90. The predicted molar refractivity (Wildman–Crippen MR) is 88.8 cm³/mol. The second-order valence-electron chi connectivity index (χ2n) is 4.73. The zero-order valence-electron chi connectivity index (χ0n) is 12.4. The summed E-state index contributed by atoms with van der Waals surface area (Å²) in [4.78, 5) is 7.14. The number of nitrogens with one attached hydrogen (secondary N) is 2. The van der Waals surface area contributed by atoms with Crippen LogP contribution < -0.4 is 10.6 Å². The third-order valence-corrected chi connectivity index (χ3v) is 3.90. The molecule has 2 rings (SSSR count). The molecule has 5 heteroatoms. The SMILES string of the molecule is CCNC(=NCc1cccc(O)c1)NCc1ccc(C)s1. The number of aryl methyl sites for hydroxylation is 1. The van der Waals surface area contributed by atoms with Gasteiger partial charge in [0, 0.05) is 16.3 Å². The molecule has 0 saturated carbocycles. The highest BCUT2D eigenvalue weighted by Gasteiger charge is 2.01. The number of nitrogens with zero attached hydrogens (tertiary/aromatic N) is 1. The number of aromatic hydroxyl groups is 1. The van der Waals surface area contributed by atoms with Crippen LogP contribution in [0.15, 0.2) is 41.4 Å². The van der Waals surface area contributed by atoms with Crippen molar-refractivity contribution in [3.63, 3.8) is 0 Å². The van der Waals surface area contributed by atoms with Gasteiger partial charge in [0.05, 0.1) is 13.1 Å². The van der Waals surface area contributed by atoms with E-state index in [1.807, 2.05) is 19.1 Å². The first-order valence-corrected chi connectivity index (χ1v) is 7.84. The Morgan fingerprint density at radius 2 is 2.10 bits per heavy atom. The van der Waals surface area contributed by atoms with Gasteiger partial charge in [-0.15, -0.1) is 11.3 Å². The van der Waals surface area contributed by atoms with Crippen LogP contribution in [0.2, 0.25) is 0 Å². The molecule has 1 aromatic heterocycles. The molecule has 0 amide bonds. The van der Waals surface area contributed by atoms with E-state index in [0.717, 1.165) is 24.6 Å². The Kier molecular flexibility index (Phi) is 5.63. The fourth-order valence-electron chi connectivity index (χ4n) is 1.92. The zero-order chi connectivity index (χ0) is 15.1. The Hall–Kier alpha value is -2.01. The van der Waals surface area contributed by atoms with Gasteiger partial charge in [-0.25, -0.2) is 4.99 Å². The van der Waals surface area contributed by atoms with E-state index in [1.165, 1.54) is 9.75 Å². The Morgan fingerprint density at radius 3 is 2.76 bits per heavy atom. The van der Waals surface area contributed by atoms with E-state index in [1.54, 1.807) is 23.5 Å². The quantitative estimate of drug-likeness (QED) is 0.588. The summed E-state index contributed by atoms with van der Waals surface area (Å²) < 4.78 is 0. The van der Waals surface area contributed by atoms with Crippen LogP contribution in [-0.4, -0.2) is 17.6 Å². The highest BCUT2D eigenvalue weighted by Crippen LogP contribution is 2.14. The molecule has 0 fully saturated rings. The van der Waals surface area contributed by atoms with Crippen molar-refractivity contribution < 1.29 is 5.11 Å². The maximum Gasteiger partial charge on any atom is 0.191 e. The minimum Gasteiger partial charge on any atom is -0.508 e. The number of phenols is 1. The summed E-state index contributed by atoms with van der Waals surface area (Å²) in [5.74, 6) is 1.06. The Balaban J connectivity index is 1.95. The van der Waals surface area contributed by atoms with Crippen LogP contribution in [0.25, 0.3) is 0 Å². The van der Waals surface area contributed by atoms with Gasteiger partial charge in [0.1, 0.15) is 5.75 Å². The van der Waals surface area contributed by atoms with Gasteiger partial charge in [0.2, 0.25) is 0 Å². The van der Waals surface area contributed by atoms with E-state index in [4.69, 9.17) is 0 Å². The first-order chi connectivity index (χ1) is 10.2. The Labute approximate surface area is 129 Å². The molecule has 21 heavy (non-hydrogen) atoms. The average Bonchev–Trinajstić information content (AvgIpc) is 2.88. The fraction of sp³-hybridized carbons (Fsp3) is 0.312. The molecule has 0 spiro atoms. The van der Waals surface area contributed by atoms with E-state index < -0.39 is 0 Å². The van der Waals surface area contributed by atoms with E-state index in [9.17, 15) is 5.11 Å². The van der Waals surface area contributed by atoms with Crippen molar-refractivity contribution in [3.8, 4) is 5.75 Å². The summed E-state index contributed by atoms with van der Waals surface area (Å²) in [6, 6.07) is 11.4. The molecule has 1 aromatic carbocycles. The number of phenolic OH excluding ortho intramolecular Hbond substituents is 1. The van der Waals surface area contributed by atoms with Crippen LogP contribution in [0.4, 0.5) is 0 Å². The van der Waals surface area contributed by atoms with Gasteiger partial charge in [0.25, 0.3) is 0 Å². The number of benzene rings is 1. The van der Waals surface area contributed by atoms with Crippen molar-refractivity contribution in [3.05, 3.63) is 51.7 Å². The maximum absolute atomic E-state index is 9.46. The topological polar surface area (TPSA) is 56.7 Å². The molecule has 4 nitrogen and oxygen atoms in total. The summed E-state index contributed by atoms with van der Waals surface area (Å²) in [6.45, 7) is 6.27. The van der Waals surface area contributed by atoms with Crippen LogP contribution >= 0.6 is 11.3 Å². The van der Waals surface area contributed by atoms with Gasteiger partial charge in [-0.2, -0.15) is 0 Å². The van der Waals surface area contributed by atoms with Crippen LogP contribution in [0.3, 0.4) is 0 Å². The minimum atomic E-state index is 0.273. The lowest BCUT2D eigenvalue weighted by Crippen LogP contribution is -2.36. The van der Waals surface area contributed by atoms with Crippen LogP contribution in [0, 0.1) is 6.92 Å². The van der Waals surface area contributed by atoms with Gasteiger partial charge in [-0.05, 0) is 43.7 Å². The lowest BCUT2D eigenvalue weighted by Gasteiger charge is -2.10. The van der Waals surface area contributed by atoms with Crippen LogP contribution in [-0.2, 0) is 13.1 Å². The highest BCUT2D eigenvalue weighted by atomic mass is 32.1. The highest BCUT2D eigenvalue weighted by molar-refractivity contribution is 7.11. The summed E-state index contributed by atoms with van der Waals surface area (Å²) in [5, 5.41) is 16.0. The molecule has 0 aliphatic rings. The Bertz CT molecular complexity index is 607. The number of hydrogen-bond donors (Lipinski definition) is 3. The van der Waals surface area contributed by atoms with Crippen LogP contribution in [0.1, 0.15) is 22.2 Å². The van der Waals surface area contributed by atoms with E-state index in [-0.39, 0.29) is 5.75 Å². The van der Waals surface area contributed by atoms with E-state index in [0.29, 0.717) is 6.54 Å². The van der Waals surface area contributed by atoms with Crippen molar-refractivity contribution in [2.75, 3.05) is 6.54 Å². The monoisotopic (exact) mass is 303 g/mol. The zero-order valence-corrected chi connectivity index (χ0v) is 13.2. The summed E-state index contributed by atoms with van der Waals surface area (Å²) >= 11 is 1.79. The molecule has 2 aromatic rings. The molecular formula is C16H21N3OS. The first kappa shape index (κ1) is 15.4. The molecule has 0 aliphatic carbocycles. The molecule has 0 bridgehead atoms. The maximum atomic E-state index is 9.46. The van der Waals surface area contributed by atoms with Crippen molar-refractivity contribution >= 4 is 17.3 Å². The van der Waals surface area contributed by atoms with Crippen molar-refractivity contribution in [1.29, 1.82) is 0 Å². The van der Waals surface area contributed by atoms with E-state index >= 15 is 0 Å².